The summed E-state index contributed by atoms with van der Waals surface area (Å²) in [6.45, 7) is 1.22. The van der Waals surface area contributed by atoms with Crippen LogP contribution in [-0.4, -0.2) is 47.4 Å². The molecule has 1 N–H and O–H groups in total. The number of piperidine rings is 1. The van der Waals surface area contributed by atoms with Gasteiger partial charge in [0, 0.05) is 37.8 Å². The van der Waals surface area contributed by atoms with Crippen LogP contribution >= 0.6 is 0 Å². The molecule has 2 fully saturated rings. The van der Waals surface area contributed by atoms with Gasteiger partial charge in [-0.25, -0.2) is 8.78 Å². The number of likely N-dealkylation sites (tertiary alicyclic amines) is 1. The van der Waals surface area contributed by atoms with Crippen molar-refractivity contribution < 1.29 is 28.3 Å². The number of amides is 2. The van der Waals surface area contributed by atoms with Gasteiger partial charge in [0.15, 0.2) is 0 Å². The van der Waals surface area contributed by atoms with Gasteiger partial charge in [-0.15, -0.1) is 0 Å². The molecule has 0 saturated carbocycles. The molecular weight excluding hydrogens is 358 g/mol. The third-order valence-electron chi connectivity index (χ3n) is 5.26. The van der Waals surface area contributed by atoms with Crippen LogP contribution < -0.4 is 4.90 Å². The maximum Gasteiger partial charge on any atom is 0.303 e. The van der Waals surface area contributed by atoms with Crippen LogP contribution in [0, 0.1) is 23.5 Å². The SMILES string of the molecule is O=C(O)CC[C@H]1CCCN(C(=O)[C@H]2CCN(c3cc(F)cc(F)c3)C2=O)C1. The van der Waals surface area contributed by atoms with Gasteiger partial charge in [-0.2, -0.15) is 0 Å². The number of hydrogen-bond acceptors (Lipinski definition) is 3. The number of nitrogens with zero attached hydrogens (tertiary/aromatic N) is 2. The quantitative estimate of drug-likeness (QED) is 0.796. The topological polar surface area (TPSA) is 77.9 Å². The number of carbonyl (C=O) groups excluding carboxylic acids is 2. The van der Waals surface area contributed by atoms with E-state index in [1.807, 2.05) is 0 Å². The van der Waals surface area contributed by atoms with Crippen LogP contribution in [0.1, 0.15) is 32.1 Å². The average Bonchev–Trinajstić information content (AvgIpc) is 3.00. The van der Waals surface area contributed by atoms with Crippen molar-refractivity contribution in [2.45, 2.75) is 32.1 Å². The molecule has 8 heteroatoms. The fourth-order valence-corrected chi connectivity index (χ4v) is 3.91. The summed E-state index contributed by atoms with van der Waals surface area (Å²) < 4.78 is 26.9. The molecule has 0 aromatic heterocycles. The highest BCUT2D eigenvalue weighted by Gasteiger charge is 2.40. The minimum atomic E-state index is -0.859. The van der Waals surface area contributed by atoms with Gasteiger partial charge in [0.05, 0.1) is 0 Å². The summed E-state index contributed by atoms with van der Waals surface area (Å²) in [7, 11) is 0. The van der Waals surface area contributed by atoms with Crippen LogP contribution in [0.25, 0.3) is 0 Å². The lowest BCUT2D eigenvalue weighted by Gasteiger charge is -2.34. The molecule has 1 aromatic rings. The second-order valence-corrected chi connectivity index (χ2v) is 7.18. The van der Waals surface area contributed by atoms with Gasteiger partial charge >= 0.3 is 5.97 Å². The first-order chi connectivity index (χ1) is 12.8. The summed E-state index contributed by atoms with van der Waals surface area (Å²) in [6.07, 6.45) is 2.51. The molecule has 6 nitrogen and oxygen atoms in total. The van der Waals surface area contributed by atoms with Crippen LogP contribution in [0.4, 0.5) is 14.5 Å². The zero-order valence-corrected chi connectivity index (χ0v) is 14.9. The van der Waals surface area contributed by atoms with E-state index in [4.69, 9.17) is 5.11 Å². The summed E-state index contributed by atoms with van der Waals surface area (Å²) >= 11 is 0. The van der Waals surface area contributed by atoms with Gasteiger partial charge in [0.25, 0.3) is 0 Å². The number of halogens is 2. The van der Waals surface area contributed by atoms with Gasteiger partial charge in [-0.05, 0) is 43.7 Å². The summed E-state index contributed by atoms with van der Waals surface area (Å²) in [5.41, 5.74) is 0.116. The Bertz CT molecular complexity index is 735. The minimum absolute atomic E-state index is 0.0635. The van der Waals surface area contributed by atoms with Gasteiger partial charge in [-0.3, -0.25) is 14.4 Å². The number of aliphatic carboxylic acids is 1. The first-order valence-electron chi connectivity index (χ1n) is 9.13. The second-order valence-electron chi connectivity index (χ2n) is 7.18. The van der Waals surface area contributed by atoms with Crippen molar-refractivity contribution in [3.63, 3.8) is 0 Å². The third kappa shape index (κ3) is 4.43. The Morgan fingerprint density at radius 2 is 1.81 bits per heavy atom. The monoisotopic (exact) mass is 380 g/mol. The van der Waals surface area contributed by atoms with E-state index in [2.05, 4.69) is 0 Å². The highest BCUT2D eigenvalue weighted by Crippen LogP contribution is 2.29. The van der Waals surface area contributed by atoms with E-state index in [1.54, 1.807) is 4.90 Å². The Balaban J connectivity index is 1.65. The first-order valence-corrected chi connectivity index (χ1v) is 9.13. The normalized spacial score (nSPS) is 23.0. The minimum Gasteiger partial charge on any atom is -0.481 e. The lowest BCUT2D eigenvalue weighted by atomic mass is 9.92. The molecule has 2 amide bonds. The van der Waals surface area contributed by atoms with Gasteiger partial charge in [0.1, 0.15) is 17.6 Å². The van der Waals surface area contributed by atoms with Crippen molar-refractivity contribution >= 4 is 23.5 Å². The van der Waals surface area contributed by atoms with E-state index >= 15 is 0 Å². The Kier molecular flexibility index (Phi) is 5.72. The van der Waals surface area contributed by atoms with Crippen LogP contribution in [0.3, 0.4) is 0 Å². The van der Waals surface area contributed by atoms with Crippen molar-refractivity contribution in [2.24, 2.45) is 11.8 Å². The van der Waals surface area contributed by atoms with Crippen LogP contribution in [0.2, 0.25) is 0 Å². The molecule has 0 radical (unpaired) electrons. The fraction of sp³-hybridized carbons (Fsp3) is 0.526. The molecule has 0 unspecified atom stereocenters. The Morgan fingerprint density at radius 3 is 2.48 bits per heavy atom. The molecule has 0 bridgehead atoms. The smallest absolute Gasteiger partial charge is 0.303 e. The number of carboxylic acids is 1. The third-order valence-corrected chi connectivity index (χ3v) is 5.26. The predicted molar refractivity (Wildman–Crippen MR) is 93.0 cm³/mol. The van der Waals surface area contributed by atoms with Crippen molar-refractivity contribution in [3.8, 4) is 0 Å². The molecule has 146 valence electrons. The highest BCUT2D eigenvalue weighted by atomic mass is 19.1. The molecule has 2 heterocycles. The average molecular weight is 380 g/mol. The maximum atomic E-state index is 13.4. The van der Waals surface area contributed by atoms with Gasteiger partial charge in [-0.1, -0.05) is 0 Å². The van der Waals surface area contributed by atoms with Crippen molar-refractivity contribution in [1.29, 1.82) is 0 Å². The molecule has 1 aromatic carbocycles. The van der Waals surface area contributed by atoms with Crippen molar-refractivity contribution in [1.82, 2.24) is 4.90 Å². The van der Waals surface area contributed by atoms with Crippen molar-refractivity contribution in [3.05, 3.63) is 29.8 Å². The summed E-state index contributed by atoms with van der Waals surface area (Å²) in [6, 6.07) is 2.89. The summed E-state index contributed by atoms with van der Waals surface area (Å²) in [4.78, 5) is 39.1. The number of carbonyl (C=O) groups is 3. The molecule has 2 aliphatic rings. The summed E-state index contributed by atoms with van der Waals surface area (Å²) in [5.74, 6) is -3.87. The second kappa shape index (κ2) is 8.02. The molecule has 2 aliphatic heterocycles. The lowest BCUT2D eigenvalue weighted by molar-refractivity contribution is -0.141. The highest BCUT2D eigenvalue weighted by molar-refractivity contribution is 6.09. The maximum absolute atomic E-state index is 13.4. The Morgan fingerprint density at radius 1 is 1.11 bits per heavy atom. The number of anilines is 1. The molecule has 0 spiro atoms. The van der Waals surface area contributed by atoms with Gasteiger partial charge in [0.2, 0.25) is 11.8 Å². The van der Waals surface area contributed by atoms with E-state index in [0.717, 1.165) is 31.0 Å². The molecule has 3 rings (SSSR count). The van der Waals surface area contributed by atoms with E-state index in [1.165, 1.54) is 4.90 Å². The Labute approximate surface area is 155 Å². The zero-order valence-electron chi connectivity index (χ0n) is 14.9. The van der Waals surface area contributed by atoms with Crippen LogP contribution in [0.15, 0.2) is 18.2 Å². The van der Waals surface area contributed by atoms with E-state index in [0.29, 0.717) is 25.9 Å². The largest absolute Gasteiger partial charge is 0.481 e. The van der Waals surface area contributed by atoms with Crippen molar-refractivity contribution in [2.75, 3.05) is 24.5 Å². The number of hydrogen-bond donors (Lipinski definition) is 1. The number of carboxylic acid groups (broad SMARTS) is 1. The molecular formula is C19H22F2N2O4. The zero-order chi connectivity index (χ0) is 19.6. The van der Waals surface area contributed by atoms with Crippen LogP contribution in [-0.2, 0) is 14.4 Å². The number of rotatable bonds is 5. The Hall–Kier alpha value is -2.51. The van der Waals surface area contributed by atoms with E-state index < -0.39 is 29.4 Å². The molecule has 2 atom stereocenters. The number of benzene rings is 1. The van der Waals surface area contributed by atoms with Crippen LogP contribution in [0.5, 0.6) is 0 Å². The molecule has 27 heavy (non-hydrogen) atoms. The lowest BCUT2D eigenvalue weighted by Crippen LogP contribution is -2.45. The van der Waals surface area contributed by atoms with E-state index in [9.17, 15) is 23.2 Å². The first kappa shape index (κ1) is 19.3. The van der Waals surface area contributed by atoms with E-state index in [-0.39, 0.29) is 30.5 Å². The van der Waals surface area contributed by atoms with Gasteiger partial charge < -0.3 is 14.9 Å². The summed E-state index contributed by atoms with van der Waals surface area (Å²) in [5, 5.41) is 8.82. The molecule has 0 aliphatic carbocycles. The predicted octanol–water partition coefficient (Wildman–Crippen LogP) is 2.42. The molecule has 2 saturated heterocycles. The standard InChI is InChI=1S/C19H22F2N2O4/c20-13-8-14(21)10-15(9-13)23-7-5-16(19(23)27)18(26)22-6-1-2-12(11-22)3-4-17(24)25/h8-10,12,16H,1-7,11H2,(H,24,25)/t12-,16-/m1/s1. The fourth-order valence-electron chi connectivity index (χ4n) is 3.91.